The Bertz CT molecular complexity index is 1070. The van der Waals surface area contributed by atoms with Crippen molar-refractivity contribution in [2.75, 3.05) is 0 Å². The third-order valence-electron chi connectivity index (χ3n) is 3.93. The Morgan fingerprint density at radius 2 is 1.68 bits per heavy atom. The summed E-state index contributed by atoms with van der Waals surface area (Å²) < 4.78 is 41.5. The molecule has 0 bridgehead atoms. The van der Waals surface area contributed by atoms with E-state index in [9.17, 15) is 22.8 Å². The molecule has 4 nitrogen and oxygen atoms in total. The van der Waals surface area contributed by atoms with Crippen molar-refractivity contribution in [3.8, 4) is 0 Å². The SMILES string of the molecule is Cn1c(=O)n(Cc2ccc(Br)cc2)c(=O)c2ccc(C(F)(F)F)cc21. The molecule has 3 rings (SSSR count). The minimum atomic E-state index is -4.55. The fourth-order valence-electron chi connectivity index (χ4n) is 2.59. The number of hydrogen-bond acceptors (Lipinski definition) is 2. The summed E-state index contributed by atoms with van der Waals surface area (Å²) in [4.78, 5) is 25.1. The van der Waals surface area contributed by atoms with Crippen LogP contribution in [0.4, 0.5) is 13.2 Å². The van der Waals surface area contributed by atoms with Gasteiger partial charge in [-0.1, -0.05) is 28.1 Å². The summed E-state index contributed by atoms with van der Waals surface area (Å²) in [5.74, 6) is 0. The summed E-state index contributed by atoms with van der Waals surface area (Å²) in [6, 6.07) is 9.85. The van der Waals surface area contributed by atoms with Crippen molar-refractivity contribution in [1.82, 2.24) is 9.13 Å². The third-order valence-corrected chi connectivity index (χ3v) is 4.46. The largest absolute Gasteiger partial charge is 0.416 e. The van der Waals surface area contributed by atoms with Crippen LogP contribution in [0.2, 0.25) is 0 Å². The summed E-state index contributed by atoms with van der Waals surface area (Å²) in [5.41, 5.74) is -1.50. The van der Waals surface area contributed by atoms with Crippen molar-refractivity contribution in [1.29, 1.82) is 0 Å². The Balaban J connectivity index is 2.20. The molecule has 0 fully saturated rings. The Morgan fingerprint density at radius 1 is 1.04 bits per heavy atom. The van der Waals surface area contributed by atoms with E-state index in [4.69, 9.17) is 0 Å². The number of aryl methyl sites for hydroxylation is 1. The molecule has 130 valence electrons. The van der Waals surface area contributed by atoms with Gasteiger partial charge in [-0.3, -0.25) is 13.9 Å². The fraction of sp³-hybridized carbons (Fsp3) is 0.176. The summed E-state index contributed by atoms with van der Waals surface area (Å²) in [7, 11) is 1.35. The van der Waals surface area contributed by atoms with Gasteiger partial charge in [0.2, 0.25) is 0 Å². The molecule has 0 aliphatic rings. The van der Waals surface area contributed by atoms with Crippen molar-refractivity contribution in [2.24, 2.45) is 7.05 Å². The zero-order valence-electron chi connectivity index (χ0n) is 13.0. The van der Waals surface area contributed by atoms with Gasteiger partial charge in [-0.05, 0) is 35.9 Å². The quantitative estimate of drug-likeness (QED) is 0.646. The molecule has 2 aromatic carbocycles. The molecular weight excluding hydrogens is 401 g/mol. The van der Waals surface area contributed by atoms with Crippen molar-refractivity contribution in [3.63, 3.8) is 0 Å². The van der Waals surface area contributed by atoms with Crippen LogP contribution in [0.3, 0.4) is 0 Å². The average molecular weight is 413 g/mol. The van der Waals surface area contributed by atoms with Crippen LogP contribution in [-0.4, -0.2) is 9.13 Å². The van der Waals surface area contributed by atoms with E-state index in [2.05, 4.69) is 15.9 Å². The molecule has 0 amide bonds. The van der Waals surface area contributed by atoms with E-state index in [0.29, 0.717) is 0 Å². The molecule has 0 atom stereocenters. The van der Waals surface area contributed by atoms with Crippen LogP contribution < -0.4 is 11.2 Å². The van der Waals surface area contributed by atoms with Gasteiger partial charge in [0.25, 0.3) is 5.56 Å². The van der Waals surface area contributed by atoms with Crippen LogP contribution >= 0.6 is 15.9 Å². The molecule has 0 saturated carbocycles. The van der Waals surface area contributed by atoms with Gasteiger partial charge < -0.3 is 0 Å². The van der Waals surface area contributed by atoms with Gasteiger partial charge in [-0.15, -0.1) is 0 Å². The van der Waals surface area contributed by atoms with Gasteiger partial charge in [0.15, 0.2) is 0 Å². The fourth-order valence-corrected chi connectivity index (χ4v) is 2.86. The first kappa shape index (κ1) is 17.5. The molecule has 0 radical (unpaired) electrons. The van der Waals surface area contributed by atoms with Gasteiger partial charge in [-0.25, -0.2) is 4.79 Å². The monoisotopic (exact) mass is 412 g/mol. The van der Waals surface area contributed by atoms with Gasteiger partial charge >= 0.3 is 11.9 Å². The van der Waals surface area contributed by atoms with Crippen molar-refractivity contribution >= 4 is 26.8 Å². The number of benzene rings is 2. The maximum absolute atomic E-state index is 12.9. The Labute approximate surface area is 148 Å². The second-order valence-corrected chi connectivity index (χ2v) is 6.50. The van der Waals surface area contributed by atoms with Crippen LogP contribution in [-0.2, 0) is 19.8 Å². The normalized spacial score (nSPS) is 11.9. The Morgan fingerprint density at radius 3 is 2.28 bits per heavy atom. The molecule has 3 aromatic rings. The number of fused-ring (bicyclic) bond motifs is 1. The summed E-state index contributed by atoms with van der Waals surface area (Å²) in [5, 5.41) is 0.0622. The second-order valence-electron chi connectivity index (χ2n) is 5.59. The first-order valence-corrected chi connectivity index (χ1v) is 8.03. The van der Waals surface area contributed by atoms with Gasteiger partial charge in [0, 0.05) is 11.5 Å². The topological polar surface area (TPSA) is 44.0 Å². The van der Waals surface area contributed by atoms with E-state index in [1.54, 1.807) is 24.3 Å². The zero-order chi connectivity index (χ0) is 18.4. The van der Waals surface area contributed by atoms with Crippen LogP contribution in [0, 0.1) is 0 Å². The molecular formula is C17H12BrF3N2O2. The van der Waals surface area contributed by atoms with E-state index < -0.39 is 23.0 Å². The van der Waals surface area contributed by atoms with Crippen LogP contribution in [0.5, 0.6) is 0 Å². The van der Waals surface area contributed by atoms with Crippen molar-refractivity contribution < 1.29 is 13.2 Å². The lowest BCUT2D eigenvalue weighted by Gasteiger charge is -2.13. The number of rotatable bonds is 2. The molecule has 1 heterocycles. The predicted molar refractivity (Wildman–Crippen MR) is 91.7 cm³/mol. The molecule has 25 heavy (non-hydrogen) atoms. The number of hydrogen-bond donors (Lipinski definition) is 0. The highest BCUT2D eigenvalue weighted by Crippen LogP contribution is 2.30. The Hall–Kier alpha value is -2.35. The summed E-state index contributed by atoms with van der Waals surface area (Å²) in [6.07, 6.45) is -4.55. The first-order valence-electron chi connectivity index (χ1n) is 7.24. The summed E-state index contributed by atoms with van der Waals surface area (Å²) >= 11 is 3.30. The minimum Gasteiger partial charge on any atom is -0.296 e. The lowest BCUT2D eigenvalue weighted by molar-refractivity contribution is -0.137. The summed E-state index contributed by atoms with van der Waals surface area (Å²) in [6.45, 7) is 0.0374. The van der Waals surface area contributed by atoms with Gasteiger partial charge in [0.1, 0.15) is 0 Å². The lowest BCUT2D eigenvalue weighted by atomic mass is 10.1. The average Bonchev–Trinajstić information content (AvgIpc) is 2.57. The van der Waals surface area contributed by atoms with Crippen molar-refractivity contribution in [3.05, 3.63) is 78.9 Å². The molecule has 0 aliphatic heterocycles. The molecule has 8 heteroatoms. The van der Waals surface area contributed by atoms with E-state index in [-0.39, 0.29) is 17.4 Å². The molecule has 0 unspecified atom stereocenters. The highest BCUT2D eigenvalue weighted by atomic mass is 79.9. The van der Waals surface area contributed by atoms with E-state index in [0.717, 1.165) is 37.4 Å². The molecule has 0 spiro atoms. The van der Waals surface area contributed by atoms with E-state index in [1.807, 2.05) is 0 Å². The van der Waals surface area contributed by atoms with Crippen LogP contribution in [0.25, 0.3) is 10.9 Å². The molecule has 0 saturated heterocycles. The number of nitrogens with zero attached hydrogens (tertiary/aromatic N) is 2. The minimum absolute atomic E-state index is 0.0374. The number of alkyl halides is 3. The van der Waals surface area contributed by atoms with Gasteiger partial charge in [-0.2, -0.15) is 13.2 Å². The van der Waals surface area contributed by atoms with Crippen LogP contribution in [0.1, 0.15) is 11.1 Å². The van der Waals surface area contributed by atoms with Crippen LogP contribution in [0.15, 0.2) is 56.5 Å². The predicted octanol–water partition coefficient (Wildman–Crippen LogP) is 3.53. The Kier molecular flexibility index (Phi) is 4.32. The van der Waals surface area contributed by atoms with E-state index in [1.165, 1.54) is 7.05 Å². The lowest BCUT2D eigenvalue weighted by Crippen LogP contribution is -2.39. The maximum atomic E-state index is 12.9. The van der Waals surface area contributed by atoms with Gasteiger partial charge in [0.05, 0.1) is 23.0 Å². The van der Waals surface area contributed by atoms with E-state index >= 15 is 0 Å². The standard InChI is InChI=1S/C17H12BrF3N2O2/c1-22-14-8-11(17(19,20)21)4-7-13(14)15(24)23(16(22)25)9-10-2-5-12(18)6-3-10/h2-8H,9H2,1H3. The zero-order valence-corrected chi connectivity index (χ0v) is 14.6. The number of halogens is 4. The van der Waals surface area contributed by atoms with Crippen molar-refractivity contribution in [2.45, 2.75) is 12.7 Å². The maximum Gasteiger partial charge on any atom is 0.416 e. The second kappa shape index (κ2) is 6.18. The molecule has 0 aliphatic carbocycles. The number of aromatic nitrogens is 2. The first-order chi connectivity index (χ1) is 11.7. The third kappa shape index (κ3) is 3.26. The highest BCUT2D eigenvalue weighted by molar-refractivity contribution is 9.10. The molecule has 1 aromatic heterocycles. The smallest absolute Gasteiger partial charge is 0.296 e. The highest BCUT2D eigenvalue weighted by Gasteiger charge is 2.31. The molecule has 0 N–H and O–H groups in total.